The van der Waals surface area contributed by atoms with Crippen LogP contribution in [-0.2, 0) is 47.4 Å². The van der Waals surface area contributed by atoms with E-state index in [-0.39, 0.29) is 22.7 Å². The summed E-state index contributed by atoms with van der Waals surface area (Å²) in [7, 11) is 0. The molecule has 0 bridgehead atoms. The number of carbonyl (C=O) groups is 1. The van der Waals surface area contributed by atoms with E-state index in [4.69, 9.17) is 42.6 Å². The third-order valence-electron chi connectivity index (χ3n) is 24.8. The third kappa shape index (κ3) is 50.7. The largest absolute Gasteiger partial charge is 0.379 e. The lowest BCUT2D eigenvalue weighted by molar-refractivity contribution is -0.126. The molecule has 22 heteroatoms. The van der Waals surface area contributed by atoms with Gasteiger partial charge < -0.3 is 42.6 Å². The maximum atomic E-state index is 11.6. The Bertz CT molecular complexity index is 2260. The molecule has 0 N–H and O–H groups in total. The first-order valence-corrected chi connectivity index (χ1v) is 47.1. The molecule has 0 aromatic heterocycles. The van der Waals surface area contributed by atoms with Crippen LogP contribution in [0.25, 0.3) is 0 Å². The average Bonchev–Trinajstić information content (AvgIpc) is 0.839. The maximum Gasteiger partial charge on any atom is 0.148 e. The number of carbonyl (C=O) groups excluding carboxylic acids is 1. The zero-order chi connectivity index (χ0) is 87.1. The lowest BCUT2D eigenvalue weighted by Gasteiger charge is -2.43. The second-order valence-electron chi connectivity index (χ2n) is 40.8. The molecule has 116 heavy (non-hydrogen) atoms. The summed E-state index contributed by atoms with van der Waals surface area (Å²) in [5.74, 6) is 2.31. The van der Waals surface area contributed by atoms with Gasteiger partial charge in [0.2, 0.25) is 0 Å². The standard InChI is InChI=1S/C21H42N2.C19H40N2O4.C17H36N2O3.C15H32N2O2.C12H24N2O.C10H22N2/c1-20(2,3)22-14-10-18(11-15-22)8-7-9-19-12-16-23(17-13-19)21(4,5)6;1-18(2)20-6-10-22-14-16-24-12-8-21(19(3,4)5)9-13-25-17-15-23-11-7-20;1-16(2)18-6-10-20-12-8-19(17(3,4)5)9-13-22-15-14-21-11-7-18;1-14(2)16-6-10-18-12-8-17(15(3,4)5)9-13-19-11-7-16;1-9(2)13-6-7-14(10(3)4)12(8-13)11(5)15;1-9(2)11-5-7-12(8-6-11)10(3)4/h18-19H,7-17H2,1-6H3;18H,6-17H2,1-5H3;16H,6-15H2,1-5H3;14H,6-13H2,1-5H3;9-10,12H,6-8H2,1-5H3;9-10H,5-8H2,1-4H3. The monoisotopic (exact) mass is 1650 g/mol. The van der Waals surface area contributed by atoms with Crippen LogP contribution < -0.4 is 0 Å². The summed E-state index contributed by atoms with van der Waals surface area (Å²) in [6.07, 6.45) is 10.2. The summed E-state index contributed by atoms with van der Waals surface area (Å²) < 4.78 is 51.7. The lowest BCUT2D eigenvalue weighted by atomic mass is 9.85. The predicted octanol–water partition coefficient (Wildman–Crippen LogP) is 13.6. The van der Waals surface area contributed by atoms with Crippen LogP contribution in [0, 0.1) is 11.8 Å². The fourth-order valence-corrected chi connectivity index (χ4v) is 16.2. The molecule has 0 amide bonds. The predicted molar refractivity (Wildman–Crippen MR) is 490 cm³/mol. The lowest BCUT2D eigenvalue weighted by Crippen LogP contribution is -2.59. The van der Waals surface area contributed by atoms with E-state index in [0.717, 1.165) is 201 Å². The van der Waals surface area contributed by atoms with Crippen molar-refractivity contribution in [1.82, 2.24) is 58.8 Å². The van der Waals surface area contributed by atoms with Gasteiger partial charge in [0.05, 0.1) is 125 Å². The summed E-state index contributed by atoms with van der Waals surface area (Å²) in [6, 6.07) is 4.12. The molecule has 7 aliphatic heterocycles. The van der Waals surface area contributed by atoms with E-state index < -0.39 is 0 Å². The molecule has 0 spiro atoms. The molecule has 692 valence electrons. The fraction of sp³-hybridized carbons (Fsp3) is 0.989. The van der Waals surface area contributed by atoms with Crippen LogP contribution in [0.3, 0.4) is 0 Å². The first kappa shape index (κ1) is 111. The van der Waals surface area contributed by atoms with E-state index in [2.05, 4.69) is 260 Å². The molecule has 0 radical (unpaired) electrons. The van der Waals surface area contributed by atoms with Gasteiger partial charge in [-0.15, -0.1) is 0 Å². The number of piperazine rings is 2. The highest BCUT2D eigenvalue weighted by atomic mass is 16.5. The Morgan fingerprint density at radius 1 is 0.250 bits per heavy atom. The third-order valence-corrected chi connectivity index (χ3v) is 24.8. The van der Waals surface area contributed by atoms with Crippen molar-refractivity contribution in [3.63, 3.8) is 0 Å². The van der Waals surface area contributed by atoms with Gasteiger partial charge in [-0.3, -0.25) is 63.6 Å². The zero-order valence-corrected chi connectivity index (χ0v) is 82.2. The van der Waals surface area contributed by atoms with Crippen molar-refractivity contribution in [1.29, 1.82) is 0 Å². The Kier molecular flexibility index (Phi) is 57.8. The molecule has 7 fully saturated rings. The van der Waals surface area contributed by atoms with Crippen LogP contribution in [0.2, 0.25) is 0 Å². The number of nitrogens with zero attached hydrogens (tertiary/aromatic N) is 12. The molecule has 1 unspecified atom stereocenters. The van der Waals surface area contributed by atoms with Gasteiger partial charge in [-0.2, -0.15) is 0 Å². The van der Waals surface area contributed by atoms with Gasteiger partial charge in [0, 0.05) is 194 Å². The van der Waals surface area contributed by atoms with Crippen molar-refractivity contribution in [2.45, 2.75) is 329 Å². The quantitative estimate of drug-likeness (QED) is 0.183. The normalized spacial score (nSPS) is 23.6. The van der Waals surface area contributed by atoms with E-state index >= 15 is 0 Å². The molecular weight excluding hydrogens is 1460 g/mol. The topological polar surface area (TPSA) is 139 Å². The summed E-state index contributed by atoms with van der Waals surface area (Å²) in [5, 5.41) is 0. The Hall–Kier alpha value is -1.17. The zero-order valence-electron chi connectivity index (χ0n) is 82.2. The highest BCUT2D eigenvalue weighted by molar-refractivity contribution is 5.81. The smallest absolute Gasteiger partial charge is 0.148 e. The summed E-state index contributed by atoms with van der Waals surface area (Å²) in [5.41, 5.74) is 1.17. The molecule has 7 aliphatic rings. The molecule has 0 aromatic carbocycles. The summed E-state index contributed by atoms with van der Waals surface area (Å²) in [4.78, 5) is 41.3. The SMILES string of the molecule is CC(=O)C1CN(C(C)C)CCN1C(C)C.CC(C)(C)N1CCC(CCCC2CCN(C(C)(C)C)CC2)CC1.CC(C)N1CCN(C(C)C)CC1.CC(C)N1CCOCCN(C(C)(C)C)CCOCC1.CC(C)N1CCOCCOCCN(C(C)(C)C)CCOCC1.CC(C)N1CCOCCOCCN(C(C)(C)C)CCOCCOCC1. The highest BCUT2D eigenvalue weighted by Gasteiger charge is 2.34. The molecule has 7 saturated heterocycles. The minimum Gasteiger partial charge on any atom is -0.379 e. The second-order valence-corrected chi connectivity index (χ2v) is 40.8. The Morgan fingerprint density at radius 2 is 0.440 bits per heavy atom. The second kappa shape index (κ2) is 60.4. The summed E-state index contributed by atoms with van der Waals surface area (Å²) >= 11 is 0. The van der Waals surface area contributed by atoms with Gasteiger partial charge in [0.25, 0.3) is 0 Å². The number of piperidine rings is 2. The number of hydrogen-bond donors (Lipinski definition) is 0. The van der Waals surface area contributed by atoms with Gasteiger partial charge in [-0.1, -0.05) is 19.3 Å². The number of hydrogen-bond acceptors (Lipinski definition) is 22. The molecule has 0 saturated carbocycles. The van der Waals surface area contributed by atoms with Crippen molar-refractivity contribution in [2.75, 3.05) is 269 Å². The van der Waals surface area contributed by atoms with Gasteiger partial charge in [0.1, 0.15) is 5.78 Å². The number of ketones is 1. The van der Waals surface area contributed by atoms with Crippen LogP contribution >= 0.6 is 0 Å². The fourth-order valence-electron chi connectivity index (χ4n) is 16.2. The molecule has 1 atom stereocenters. The Balaban J connectivity index is 0.000000478. The Labute approximate surface area is 718 Å². The molecule has 0 aliphatic carbocycles. The number of likely N-dealkylation sites (tertiary alicyclic amines) is 2. The van der Waals surface area contributed by atoms with Gasteiger partial charge in [-0.25, -0.2) is 0 Å². The van der Waals surface area contributed by atoms with E-state index in [0.29, 0.717) is 86.7 Å². The summed E-state index contributed by atoms with van der Waals surface area (Å²) in [6.45, 7) is 105. The first-order valence-electron chi connectivity index (χ1n) is 47.1. The minimum absolute atomic E-state index is 0.0983. The molecular formula is C94H196N12O10. The van der Waals surface area contributed by atoms with Crippen LogP contribution in [0.1, 0.15) is 253 Å². The molecule has 0 aromatic rings. The van der Waals surface area contributed by atoms with Crippen molar-refractivity contribution in [2.24, 2.45) is 11.8 Å². The van der Waals surface area contributed by atoms with Crippen molar-refractivity contribution >= 4 is 5.78 Å². The number of ether oxygens (including phenoxy) is 9. The van der Waals surface area contributed by atoms with Crippen molar-refractivity contribution < 1.29 is 47.4 Å². The van der Waals surface area contributed by atoms with Crippen molar-refractivity contribution in [3.05, 3.63) is 0 Å². The van der Waals surface area contributed by atoms with Crippen LogP contribution in [0.4, 0.5) is 0 Å². The van der Waals surface area contributed by atoms with E-state index in [1.165, 1.54) is 97.3 Å². The van der Waals surface area contributed by atoms with Crippen LogP contribution in [0.15, 0.2) is 0 Å². The minimum atomic E-state index is 0.0983. The first-order chi connectivity index (χ1) is 54.4. The van der Waals surface area contributed by atoms with E-state index in [1.807, 2.05) is 0 Å². The molecule has 7 heterocycles. The van der Waals surface area contributed by atoms with Crippen molar-refractivity contribution in [3.8, 4) is 0 Å². The van der Waals surface area contributed by atoms with Gasteiger partial charge in [0.15, 0.2) is 0 Å². The molecule has 22 nitrogen and oxygen atoms in total. The van der Waals surface area contributed by atoms with E-state index in [9.17, 15) is 4.79 Å². The highest BCUT2D eigenvalue weighted by Crippen LogP contribution is 2.31. The number of rotatable bonds is 12. The van der Waals surface area contributed by atoms with E-state index in [1.54, 1.807) is 6.92 Å². The number of Topliss-reactive ketones (excluding diaryl/α,β-unsaturated/α-hetero) is 1. The molecule has 7 rings (SSSR count). The van der Waals surface area contributed by atoms with Crippen LogP contribution in [-0.4, -0.2) is 410 Å². The van der Waals surface area contributed by atoms with Gasteiger partial charge in [-0.05, 0) is 271 Å². The van der Waals surface area contributed by atoms with Gasteiger partial charge >= 0.3 is 0 Å². The maximum absolute atomic E-state index is 11.6. The average molecular weight is 1650 g/mol. The Morgan fingerprint density at radius 3 is 0.638 bits per heavy atom. The van der Waals surface area contributed by atoms with Crippen LogP contribution in [0.5, 0.6) is 0 Å².